The van der Waals surface area contributed by atoms with Gasteiger partial charge < -0.3 is 5.32 Å². The smallest absolute Gasteiger partial charge is 0.000252 e. The topological polar surface area (TPSA) is 12.0 Å². The first-order valence-electron chi connectivity index (χ1n) is 3.91. The lowest BCUT2D eigenvalue weighted by molar-refractivity contribution is 0.335. The van der Waals surface area contributed by atoms with Crippen LogP contribution in [0.2, 0.25) is 0 Å². The molecular weight excluding hydrogens is 146 g/mol. The molecule has 0 aromatic carbocycles. The Bertz CT molecular complexity index is 81.3. The number of rotatable bonds is 0. The fourth-order valence-electron chi connectivity index (χ4n) is 1.37. The Hall–Kier alpha value is 0.250. The molecule has 0 bridgehead atoms. The van der Waals surface area contributed by atoms with Crippen molar-refractivity contribution in [3.05, 3.63) is 0 Å². The summed E-state index contributed by atoms with van der Waals surface area (Å²) in [6.45, 7) is 7.10. The Labute approximate surface area is 70.0 Å². The summed E-state index contributed by atoms with van der Waals surface area (Å²) >= 11 is 0. The van der Waals surface area contributed by atoms with Crippen molar-refractivity contribution in [1.29, 1.82) is 0 Å². The van der Waals surface area contributed by atoms with Crippen molar-refractivity contribution in [1.82, 2.24) is 5.32 Å². The molecule has 0 atom stereocenters. The quantitative estimate of drug-likeness (QED) is 0.578. The highest BCUT2D eigenvalue weighted by Gasteiger charge is 2.18. The van der Waals surface area contributed by atoms with Gasteiger partial charge in [0.05, 0.1) is 0 Å². The fourth-order valence-corrected chi connectivity index (χ4v) is 1.37. The zero-order chi connectivity index (χ0) is 6.74. The van der Waals surface area contributed by atoms with Gasteiger partial charge in [0.15, 0.2) is 0 Å². The van der Waals surface area contributed by atoms with Crippen LogP contribution in [0.4, 0.5) is 0 Å². The first-order valence-corrected chi connectivity index (χ1v) is 3.91. The predicted octanol–water partition coefficient (Wildman–Crippen LogP) is 2.21. The molecule has 0 unspecified atom stereocenters. The van der Waals surface area contributed by atoms with Gasteiger partial charge in [0.25, 0.3) is 0 Å². The van der Waals surface area contributed by atoms with Crippen LogP contribution < -0.4 is 5.32 Å². The standard InChI is InChI=1S/C8H17N.ClH/c1-8(2)5-3-4-6-9-7-8;/h9H,3-7H2,1-2H3;1H. The molecule has 0 saturated carbocycles. The number of nitrogens with one attached hydrogen (secondary N) is 1. The van der Waals surface area contributed by atoms with Crippen LogP contribution in [0.25, 0.3) is 0 Å². The monoisotopic (exact) mass is 163 g/mol. The van der Waals surface area contributed by atoms with Crippen LogP contribution in [0.3, 0.4) is 0 Å². The highest BCUT2D eigenvalue weighted by molar-refractivity contribution is 5.85. The Balaban J connectivity index is 0.000000810. The SMILES string of the molecule is CC1(C)CCCCNC1.Cl. The summed E-state index contributed by atoms with van der Waals surface area (Å²) in [7, 11) is 0. The highest BCUT2D eigenvalue weighted by Crippen LogP contribution is 2.23. The van der Waals surface area contributed by atoms with Crippen LogP contribution in [-0.2, 0) is 0 Å². The molecule has 1 nitrogen and oxygen atoms in total. The molecule has 1 aliphatic heterocycles. The van der Waals surface area contributed by atoms with E-state index in [0.29, 0.717) is 5.41 Å². The lowest BCUT2D eigenvalue weighted by Gasteiger charge is -2.21. The molecule has 0 aliphatic carbocycles. The summed E-state index contributed by atoms with van der Waals surface area (Å²) in [5, 5.41) is 3.44. The summed E-state index contributed by atoms with van der Waals surface area (Å²) in [6.07, 6.45) is 4.16. The summed E-state index contributed by atoms with van der Waals surface area (Å²) in [5.74, 6) is 0. The summed E-state index contributed by atoms with van der Waals surface area (Å²) < 4.78 is 0. The van der Waals surface area contributed by atoms with Crippen molar-refractivity contribution < 1.29 is 0 Å². The molecule has 0 amide bonds. The number of hydrogen-bond donors (Lipinski definition) is 1. The van der Waals surface area contributed by atoms with Gasteiger partial charge in [-0.3, -0.25) is 0 Å². The second kappa shape index (κ2) is 4.20. The average Bonchev–Trinajstić information content (AvgIpc) is 1.92. The lowest BCUT2D eigenvalue weighted by atomic mass is 9.88. The molecule has 0 radical (unpaired) electrons. The minimum Gasteiger partial charge on any atom is -0.316 e. The van der Waals surface area contributed by atoms with Gasteiger partial charge in [0, 0.05) is 6.54 Å². The molecule has 10 heavy (non-hydrogen) atoms. The fraction of sp³-hybridized carbons (Fsp3) is 1.00. The molecule has 1 fully saturated rings. The van der Waals surface area contributed by atoms with Gasteiger partial charge in [-0.1, -0.05) is 20.3 Å². The molecule has 1 aliphatic rings. The van der Waals surface area contributed by atoms with Crippen molar-refractivity contribution in [3.63, 3.8) is 0 Å². The van der Waals surface area contributed by atoms with Crippen LogP contribution in [0.15, 0.2) is 0 Å². The maximum atomic E-state index is 3.44. The van der Waals surface area contributed by atoms with Crippen molar-refractivity contribution in [3.8, 4) is 0 Å². The van der Waals surface area contributed by atoms with Crippen LogP contribution in [0, 0.1) is 5.41 Å². The van der Waals surface area contributed by atoms with Gasteiger partial charge in [-0.2, -0.15) is 0 Å². The summed E-state index contributed by atoms with van der Waals surface area (Å²) in [6, 6.07) is 0. The Morgan fingerprint density at radius 2 is 1.90 bits per heavy atom. The maximum Gasteiger partial charge on any atom is 0.000252 e. The second-order valence-electron chi connectivity index (χ2n) is 3.80. The van der Waals surface area contributed by atoms with Crippen molar-refractivity contribution in [2.24, 2.45) is 5.41 Å². The third-order valence-electron chi connectivity index (χ3n) is 2.06. The molecule has 0 aromatic heterocycles. The maximum absolute atomic E-state index is 3.44. The predicted molar refractivity (Wildman–Crippen MR) is 47.7 cm³/mol. The van der Waals surface area contributed by atoms with E-state index in [2.05, 4.69) is 19.2 Å². The summed E-state index contributed by atoms with van der Waals surface area (Å²) in [4.78, 5) is 0. The largest absolute Gasteiger partial charge is 0.316 e. The minimum atomic E-state index is 0. The highest BCUT2D eigenvalue weighted by atomic mass is 35.5. The Kier molecular flexibility index (Phi) is 4.30. The van der Waals surface area contributed by atoms with Gasteiger partial charge in [0.1, 0.15) is 0 Å². The van der Waals surface area contributed by atoms with Crippen molar-refractivity contribution >= 4 is 12.4 Å². The Morgan fingerprint density at radius 1 is 1.20 bits per heavy atom. The van der Waals surface area contributed by atoms with Crippen molar-refractivity contribution in [2.45, 2.75) is 33.1 Å². The molecule has 0 aromatic rings. The summed E-state index contributed by atoms with van der Waals surface area (Å²) in [5.41, 5.74) is 0.552. The van der Waals surface area contributed by atoms with Crippen LogP contribution in [0.5, 0.6) is 0 Å². The first-order chi connectivity index (χ1) is 4.21. The molecule has 62 valence electrons. The molecule has 0 spiro atoms. The van der Waals surface area contributed by atoms with E-state index in [0.717, 1.165) is 0 Å². The molecule has 2 heteroatoms. The van der Waals surface area contributed by atoms with E-state index >= 15 is 0 Å². The van der Waals surface area contributed by atoms with Crippen LogP contribution >= 0.6 is 12.4 Å². The molecule has 1 heterocycles. The molecular formula is C8H18ClN. The second-order valence-corrected chi connectivity index (χ2v) is 3.80. The van der Waals surface area contributed by atoms with Gasteiger partial charge >= 0.3 is 0 Å². The van der Waals surface area contributed by atoms with E-state index in [1.54, 1.807) is 0 Å². The van der Waals surface area contributed by atoms with E-state index in [9.17, 15) is 0 Å². The van der Waals surface area contributed by atoms with Crippen LogP contribution in [0.1, 0.15) is 33.1 Å². The molecule has 1 rings (SSSR count). The van der Waals surface area contributed by atoms with E-state index in [1.165, 1.54) is 32.4 Å². The minimum absolute atomic E-state index is 0. The third-order valence-corrected chi connectivity index (χ3v) is 2.06. The van der Waals surface area contributed by atoms with Gasteiger partial charge in [-0.15, -0.1) is 12.4 Å². The Morgan fingerprint density at radius 3 is 2.60 bits per heavy atom. The molecule has 1 saturated heterocycles. The third kappa shape index (κ3) is 3.43. The van der Waals surface area contributed by atoms with Gasteiger partial charge in [0.2, 0.25) is 0 Å². The average molecular weight is 164 g/mol. The number of halogens is 1. The normalized spacial score (nSPS) is 24.6. The van der Waals surface area contributed by atoms with E-state index < -0.39 is 0 Å². The first kappa shape index (κ1) is 10.2. The zero-order valence-electron chi connectivity index (χ0n) is 6.94. The molecule has 1 N–H and O–H groups in total. The zero-order valence-corrected chi connectivity index (χ0v) is 7.76. The lowest BCUT2D eigenvalue weighted by Crippen LogP contribution is -2.26. The van der Waals surface area contributed by atoms with Crippen molar-refractivity contribution in [2.75, 3.05) is 13.1 Å². The van der Waals surface area contributed by atoms with Crippen LogP contribution in [-0.4, -0.2) is 13.1 Å². The van der Waals surface area contributed by atoms with E-state index in [1.807, 2.05) is 0 Å². The van der Waals surface area contributed by atoms with Gasteiger partial charge in [-0.05, 0) is 24.8 Å². The van der Waals surface area contributed by atoms with E-state index in [-0.39, 0.29) is 12.4 Å². The van der Waals surface area contributed by atoms with E-state index in [4.69, 9.17) is 0 Å². The van der Waals surface area contributed by atoms with Gasteiger partial charge in [-0.25, -0.2) is 0 Å². The number of hydrogen-bond acceptors (Lipinski definition) is 1.